The number of thiazole rings is 1. The van der Waals surface area contributed by atoms with Gasteiger partial charge in [0.2, 0.25) is 0 Å². The molecule has 20 heavy (non-hydrogen) atoms. The van der Waals surface area contributed by atoms with Crippen LogP contribution in [0.25, 0.3) is 10.6 Å². The van der Waals surface area contributed by atoms with Crippen molar-refractivity contribution in [1.82, 2.24) is 4.98 Å². The molecule has 0 spiro atoms. The third kappa shape index (κ3) is 2.77. The van der Waals surface area contributed by atoms with Crippen molar-refractivity contribution in [2.45, 2.75) is 32.5 Å². The van der Waals surface area contributed by atoms with Crippen LogP contribution in [0.4, 0.5) is 0 Å². The van der Waals surface area contributed by atoms with Gasteiger partial charge in [0.15, 0.2) is 6.29 Å². The lowest BCUT2D eigenvalue weighted by molar-refractivity contribution is -0.0441. The summed E-state index contributed by atoms with van der Waals surface area (Å²) in [5.74, 6) is 0. The van der Waals surface area contributed by atoms with E-state index >= 15 is 0 Å². The number of benzene rings is 1. The largest absolute Gasteiger partial charge is 0.346 e. The number of rotatable bonds is 2. The van der Waals surface area contributed by atoms with Crippen LogP contribution in [0.15, 0.2) is 29.6 Å². The molecule has 0 N–H and O–H groups in total. The number of ether oxygens (including phenoxy) is 2. The summed E-state index contributed by atoms with van der Waals surface area (Å²) in [6.45, 7) is 7.90. The Kier molecular flexibility index (Phi) is 3.63. The van der Waals surface area contributed by atoms with Gasteiger partial charge in [0.1, 0.15) is 5.01 Å². The second kappa shape index (κ2) is 5.28. The molecule has 0 aliphatic carbocycles. The molecule has 2 aromatic rings. The molecule has 0 atom stereocenters. The quantitative estimate of drug-likeness (QED) is 0.832. The lowest BCUT2D eigenvalue weighted by atomic mass is 9.93. The van der Waals surface area contributed by atoms with Crippen LogP contribution in [0.5, 0.6) is 0 Å². The van der Waals surface area contributed by atoms with Crippen molar-refractivity contribution in [3.05, 3.63) is 40.9 Å². The maximum atomic E-state index is 5.50. The zero-order valence-corrected chi connectivity index (χ0v) is 12.9. The molecule has 4 heteroatoms. The van der Waals surface area contributed by atoms with Crippen LogP contribution in [-0.4, -0.2) is 18.2 Å². The minimum atomic E-state index is -0.203. The molecular weight excluding hydrogens is 270 g/mol. The van der Waals surface area contributed by atoms with Gasteiger partial charge in [0, 0.05) is 21.9 Å². The molecule has 0 radical (unpaired) electrons. The molecule has 3 rings (SSSR count). The molecule has 1 saturated heterocycles. The van der Waals surface area contributed by atoms with E-state index in [2.05, 4.69) is 50.4 Å². The van der Waals surface area contributed by atoms with E-state index in [1.54, 1.807) is 11.3 Å². The topological polar surface area (TPSA) is 31.4 Å². The van der Waals surface area contributed by atoms with Gasteiger partial charge in [-0.1, -0.05) is 45.0 Å². The molecule has 1 aliphatic rings. The highest BCUT2D eigenvalue weighted by atomic mass is 32.1. The Balaban J connectivity index is 1.82. The lowest BCUT2D eigenvalue weighted by Crippen LogP contribution is -2.11. The van der Waals surface area contributed by atoms with Crippen molar-refractivity contribution in [2.24, 2.45) is 0 Å². The summed E-state index contributed by atoms with van der Waals surface area (Å²) in [5, 5.41) is 3.21. The van der Waals surface area contributed by atoms with Crippen molar-refractivity contribution in [2.75, 3.05) is 13.2 Å². The Morgan fingerprint density at radius 2 is 1.75 bits per heavy atom. The molecule has 0 amide bonds. The van der Waals surface area contributed by atoms with Crippen molar-refractivity contribution in [1.29, 1.82) is 0 Å². The summed E-state index contributed by atoms with van der Waals surface area (Å²) in [4.78, 5) is 4.73. The van der Waals surface area contributed by atoms with E-state index in [-0.39, 0.29) is 11.7 Å². The molecule has 1 aromatic carbocycles. The predicted molar refractivity (Wildman–Crippen MR) is 80.9 cm³/mol. The molecule has 3 nitrogen and oxygen atoms in total. The number of hydrogen-bond donors (Lipinski definition) is 0. The van der Waals surface area contributed by atoms with Crippen molar-refractivity contribution < 1.29 is 9.47 Å². The molecule has 1 aromatic heterocycles. The summed E-state index contributed by atoms with van der Waals surface area (Å²) in [6.07, 6.45) is -0.203. The molecule has 1 fully saturated rings. The van der Waals surface area contributed by atoms with E-state index in [1.165, 1.54) is 0 Å². The summed E-state index contributed by atoms with van der Waals surface area (Å²) in [6, 6.07) is 8.30. The fraction of sp³-hybridized carbons (Fsp3) is 0.438. The first kappa shape index (κ1) is 13.7. The summed E-state index contributed by atoms with van der Waals surface area (Å²) < 4.78 is 11.0. The van der Waals surface area contributed by atoms with Crippen LogP contribution < -0.4 is 0 Å². The average Bonchev–Trinajstić information content (AvgIpc) is 3.10. The monoisotopic (exact) mass is 289 g/mol. The number of aromatic nitrogens is 1. The third-order valence-corrected chi connectivity index (χ3v) is 4.22. The van der Waals surface area contributed by atoms with Crippen LogP contribution in [0.3, 0.4) is 0 Å². The first-order chi connectivity index (χ1) is 9.54. The van der Waals surface area contributed by atoms with E-state index in [4.69, 9.17) is 14.5 Å². The number of nitrogens with zero attached hydrogens (tertiary/aromatic N) is 1. The Morgan fingerprint density at radius 1 is 1.10 bits per heavy atom. The van der Waals surface area contributed by atoms with Gasteiger partial charge < -0.3 is 9.47 Å². The highest BCUT2D eigenvalue weighted by Gasteiger charge is 2.19. The summed E-state index contributed by atoms with van der Waals surface area (Å²) in [5.41, 5.74) is 3.45. The number of hydrogen-bond acceptors (Lipinski definition) is 4. The average molecular weight is 289 g/mol. The first-order valence-corrected chi connectivity index (χ1v) is 7.71. The van der Waals surface area contributed by atoms with Crippen LogP contribution in [-0.2, 0) is 14.9 Å². The normalized spacial score (nSPS) is 16.8. The predicted octanol–water partition coefficient (Wildman–Crippen LogP) is 4.15. The molecule has 0 saturated carbocycles. The highest BCUT2D eigenvalue weighted by molar-refractivity contribution is 7.13. The van der Waals surface area contributed by atoms with E-state index in [0.717, 1.165) is 21.8 Å². The zero-order chi connectivity index (χ0) is 14.2. The zero-order valence-electron chi connectivity index (χ0n) is 12.1. The second-order valence-corrected chi connectivity index (χ2v) is 6.84. The molecule has 0 unspecified atom stereocenters. The van der Waals surface area contributed by atoms with E-state index < -0.39 is 0 Å². The van der Waals surface area contributed by atoms with Crippen LogP contribution in [0.1, 0.15) is 38.3 Å². The maximum Gasteiger partial charge on any atom is 0.184 e. The van der Waals surface area contributed by atoms with Gasteiger partial charge in [-0.15, -0.1) is 11.3 Å². The van der Waals surface area contributed by atoms with Crippen LogP contribution in [0, 0.1) is 0 Å². The Labute approximate surface area is 123 Å². The van der Waals surface area contributed by atoms with E-state index in [9.17, 15) is 0 Å². The van der Waals surface area contributed by atoms with Gasteiger partial charge >= 0.3 is 0 Å². The molecule has 2 heterocycles. The van der Waals surface area contributed by atoms with Crippen molar-refractivity contribution in [3.8, 4) is 10.6 Å². The first-order valence-electron chi connectivity index (χ1n) is 6.83. The summed E-state index contributed by atoms with van der Waals surface area (Å²) >= 11 is 1.69. The highest BCUT2D eigenvalue weighted by Crippen LogP contribution is 2.31. The van der Waals surface area contributed by atoms with Gasteiger partial charge in [0.25, 0.3) is 0 Å². The molecule has 0 bridgehead atoms. The summed E-state index contributed by atoms with van der Waals surface area (Å²) in [7, 11) is 0. The van der Waals surface area contributed by atoms with Gasteiger partial charge in [-0.2, -0.15) is 0 Å². The Bertz CT molecular complexity index is 577. The Morgan fingerprint density at radius 3 is 2.30 bits per heavy atom. The molecule has 106 valence electrons. The molecular formula is C16H19NO2S. The van der Waals surface area contributed by atoms with Gasteiger partial charge in [0.05, 0.1) is 18.9 Å². The minimum Gasteiger partial charge on any atom is -0.346 e. The fourth-order valence-electron chi connectivity index (χ4n) is 2.08. The smallest absolute Gasteiger partial charge is 0.184 e. The van der Waals surface area contributed by atoms with Crippen LogP contribution in [0.2, 0.25) is 0 Å². The van der Waals surface area contributed by atoms with Gasteiger partial charge in [-0.05, 0) is 0 Å². The standard InChI is InChI=1S/C16H19NO2S/c1-16(2,3)13-10-20-14(17-13)11-4-6-12(7-5-11)15-18-8-9-19-15/h4-7,10,15H,8-9H2,1-3H3. The second-order valence-electron chi connectivity index (χ2n) is 5.98. The SMILES string of the molecule is CC(C)(C)c1csc(-c2ccc(C3OCCO3)cc2)n1. The Hall–Kier alpha value is -1.23. The van der Waals surface area contributed by atoms with Gasteiger partial charge in [-0.25, -0.2) is 4.98 Å². The van der Waals surface area contributed by atoms with Crippen LogP contribution >= 0.6 is 11.3 Å². The van der Waals surface area contributed by atoms with Gasteiger partial charge in [-0.3, -0.25) is 0 Å². The van der Waals surface area contributed by atoms with Crippen molar-refractivity contribution >= 4 is 11.3 Å². The maximum absolute atomic E-state index is 5.50. The molecule has 1 aliphatic heterocycles. The van der Waals surface area contributed by atoms with E-state index in [0.29, 0.717) is 13.2 Å². The third-order valence-electron chi connectivity index (χ3n) is 3.32. The van der Waals surface area contributed by atoms with Crippen molar-refractivity contribution in [3.63, 3.8) is 0 Å². The minimum absolute atomic E-state index is 0.0974. The lowest BCUT2D eigenvalue weighted by Gasteiger charge is -2.14. The van der Waals surface area contributed by atoms with E-state index in [1.807, 2.05) is 0 Å². The fourth-order valence-corrected chi connectivity index (χ4v) is 3.14.